The maximum atomic E-state index is 12.8. The molecule has 0 unspecified atom stereocenters. The maximum Gasteiger partial charge on any atom is 0.165 e. The summed E-state index contributed by atoms with van der Waals surface area (Å²) in [6.07, 6.45) is 3.89. The third-order valence-corrected chi connectivity index (χ3v) is 14.1. The highest BCUT2D eigenvalue weighted by atomic mass is 16.3. The monoisotopic (exact) mass is 946 g/mol. The SMILES string of the molecule is Cc1cnc(-c2cc(-c3ccccc3)cc(-c3ccnc4c3nc(-c3cc(C(C)(C)C)cc(C(C)(C)C)c3O)n4-c3c(-c4ccccc4)cccc3-c3ccccc3)c2)cc1-c1ccc(-c2ccccc2)cc1. The molecule has 3 heterocycles. The standard InChI is InChI=1S/C68H58N4O/c1-44-43-70-61(42-58(44)50-33-31-47(32-34-50)45-21-12-8-13-22-45)53-38-51(46-23-14-9-15-24-46)37-52(39-53)55-35-36-69-66-62(55)71-65(59-40-54(67(2,3)4)41-60(64(59)73)68(5,6)7)72(66)63-56(48-25-16-10-17-26-48)29-20-30-57(63)49-27-18-11-19-28-49/h8-43,73H,1-7H3. The van der Waals surface area contributed by atoms with Crippen LogP contribution in [0.1, 0.15) is 58.2 Å². The minimum Gasteiger partial charge on any atom is -0.507 e. The van der Waals surface area contributed by atoms with Gasteiger partial charge >= 0.3 is 0 Å². The predicted octanol–water partition coefficient (Wildman–Crippen LogP) is 17.8. The van der Waals surface area contributed by atoms with E-state index < -0.39 is 0 Å². The summed E-state index contributed by atoms with van der Waals surface area (Å²) in [5, 5.41) is 12.8. The van der Waals surface area contributed by atoms with E-state index >= 15 is 0 Å². The summed E-state index contributed by atoms with van der Waals surface area (Å²) in [5.74, 6) is 0.813. The molecule has 11 rings (SSSR count). The van der Waals surface area contributed by atoms with Gasteiger partial charge in [-0.2, -0.15) is 0 Å². The van der Waals surface area contributed by atoms with Gasteiger partial charge in [0.15, 0.2) is 11.5 Å². The van der Waals surface area contributed by atoms with Crippen molar-refractivity contribution in [1.82, 2.24) is 19.5 Å². The van der Waals surface area contributed by atoms with Crippen molar-refractivity contribution in [2.45, 2.75) is 59.3 Å². The predicted molar refractivity (Wildman–Crippen MR) is 304 cm³/mol. The van der Waals surface area contributed by atoms with E-state index in [4.69, 9.17) is 15.0 Å². The number of hydrogen-bond acceptors (Lipinski definition) is 4. The molecule has 0 saturated heterocycles. The van der Waals surface area contributed by atoms with Crippen LogP contribution in [-0.4, -0.2) is 24.6 Å². The zero-order valence-electron chi connectivity index (χ0n) is 42.5. The van der Waals surface area contributed by atoms with Crippen LogP contribution in [0.5, 0.6) is 5.75 Å². The van der Waals surface area contributed by atoms with Crippen molar-refractivity contribution in [3.05, 3.63) is 235 Å². The van der Waals surface area contributed by atoms with Gasteiger partial charge in [-0.15, -0.1) is 0 Å². The summed E-state index contributed by atoms with van der Waals surface area (Å²) in [4.78, 5) is 16.1. The highest BCUT2D eigenvalue weighted by Crippen LogP contribution is 2.47. The second kappa shape index (κ2) is 18.8. The quantitative estimate of drug-likeness (QED) is 0.157. The van der Waals surface area contributed by atoms with Crippen molar-refractivity contribution in [3.8, 4) is 101 Å². The van der Waals surface area contributed by atoms with Gasteiger partial charge in [0.2, 0.25) is 0 Å². The van der Waals surface area contributed by atoms with Gasteiger partial charge in [-0.3, -0.25) is 9.55 Å². The van der Waals surface area contributed by atoms with Gasteiger partial charge in [-0.1, -0.05) is 211 Å². The molecule has 8 aromatic carbocycles. The number of aromatic hydroxyl groups is 1. The van der Waals surface area contributed by atoms with Crippen LogP contribution in [-0.2, 0) is 10.8 Å². The number of phenolic OH excluding ortho intramolecular Hbond substituents is 1. The molecule has 356 valence electrons. The highest BCUT2D eigenvalue weighted by Gasteiger charge is 2.30. The van der Waals surface area contributed by atoms with Gasteiger partial charge in [-0.25, -0.2) is 9.97 Å². The van der Waals surface area contributed by atoms with Crippen molar-refractivity contribution >= 4 is 11.2 Å². The highest BCUT2D eigenvalue weighted by molar-refractivity contribution is 5.98. The van der Waals surface area contributed by atoms with Crippen LogP contribution in [0.4, 0.5) is 0 Å². The topological polar surface area (TPSA) is 63.8 Å². The summed E-state index contributed by atoms with van der Waals surface area (Å²) in [6.45, 7) is 15.3. The van der Waals surface area contributed by atoms with Crippen LogP contribution in [0.3, 0.4) is 0 Å². The number of fused-ring (bicyclic) bond motifs is 1. The van der Waals surface area contributed by atoms with Gasteiger partial charge in [-0.05, 0) is 115 Å². The average Bonchev–Trinajstić information content (AvgIpc) is 3.80. The largest absolute Gasteiger partial charge is 0.507 e. The zero-order valence-corrected chi connectivity index (χ0v) is 42.5. The van der Waals surface area contributed by atoms with Crippen LogP contribution in [0.15, 0.2) is 219 Å². The van der Waals surface area contributed by atoms with Gasteiger partial charge < -0.3 is 5.11 Å². The van der Waals surface area contributed by atoms with Crippen molar-refractivity contribution in [1.29, 1.82) is 0 Å². The second-order valence-corrected chi connectivity index (χ2v) is 21.1. The van der Waals surface area contributed by atoms with Crippen molar-refractivity contribution in [2.75, 3.05) is 0 Å². The number of benzene rings is 8. The molecule has 0 aliphatic carbocycles. The molecule has 0 spiro atoms. The first-order valence-corrected chi connectivity index (χ1v) is 25.1. The molecular formula is C68H58N4O. The normalized spacial score (nSPS) is 11.8. The molecule has 5 nitrogen and oxygen atoms in total. The number of aromatic nitrogens is 4. The number of pyridine rings is 2. The summed E-state index contributed by atoms with van der Waals surface area (Å²) in [5.41, 5.74) is 20.1. The van der Waals surface area contributed by atoms with E-state index in [9.17, 15) is 5.11 Å². The summed E-state index contributed by atoms with van der Waals surface area (Å²) in [7, 11) is 0. The third kappa shape index (κ3) is 9.04. The number of rotatable bonds is 9. The van der Waals surface area contributed by atoms with E-state index in [-0.39, 0.29) is 16.6 Å². The Morgan fingerprint density at radius 1 is 0.411 bits per heavy atom. The summed E-state index contributed by atoms with van der Waals surface area (Å²) < 4.78 is 2.20. The molecule has 11 aromatic rings. The number of aryl methyl sites for hydroxylation is 1. The van der Waals surface area contributed by atoms with Gasteiger partial charge in [0.1, 0.15) is 11.3 Å². The molecule has 0 amide bonds. The van der Waals surface area contributed by atoms with Gasteiger partial charge in [0, 0.05) is 40.2 Å². The Balaban J connectivity index is 1.19. The third-order valence-electron chi connectivity index (χ3n) is 14.1. The molecule has 5 heteroatoms. The molecular weight excluding hydrogens is 889 g/mol. The first kappa shape index (κ1) is 46.7. The number of hydrogen-bond donors (Lipinski definition) is 1. The Morgan fingerprint density at radius 3 is 1.49 bits per heavy atom. The lowest BCUT2D eigenvalue weighted by atomic mass is 9.79. The van der Waals surface area contributed by atoms with Crippen molar-refractivity contribution in [3.63, 3.8) is 0 Å². The molecule has 0 fully saturated rings. The Morgan fingerprint density at radius 2 is 0.918 bits per heavy atom. The van der Waals surface area contributed by atoms with E-state index in [1.165, 1.54) is 11.1 Å². The lowest BCUT2D eigenvalue weighted by molar-refractivity contribution is 0.446. The van der Waals surface area contributed by atoms with E-state index in [0.29, 0.717) is 22.6 Å². The molecule has 0 bridgehead atoms. The number of imidazole rings is 1. The molecule has 0 aliphatic heterocycles. The Hall–Kier alpha value is -8.67. The first-order chi connectivity index (χ1) is 35.3. The smallest absolute Gasteiger partial charge is 0.165 e. The minimum atomic E-state index is -0.374. The Bertz CT molecular complexity index is 3730. The Kier molecular flexibility index (Phi) is 12.0. The van der Waals surface area contributed by atoms with Crippen LogP contribution in [0.25, 0.3) is 106 Å². The molecule has 0 saturated carbocycles. The number of phenols is 1. The van der Waals surface area contributed by atoms with Crippen LogP contribution >= 0.6 is 0 Å². The fourth-order valence-electron chi connectivity index (χ4n) is 10.1. The first-order valence-electron chi connectivity index (χ1n) is 25.1. The van der Waals surface area contributed by atoms with E-state index in [1.54, 1.807) is 0 Å². The molecule has 73 heavy (non-hydrogen) atoms. The minimum absolute atomic E-state index is 0.210. The molecule has 0 radical (unpaired) electrons. The van der Waals surface area contributed by atoms with E-state index in [2.05, 4.69) is 241 Å². The Labute approximate surface area is 429 Å². The molecule has 3 aromatic heterocycles. The molecule has 0 aliphatic rings. The summed E-state index contributed by atoms with van der Waals surface area (Å²) >= 11 is 0. The van der Waals surface area contributed by atoms with Crippen LogP contribution in [0, 0.1) is 6.92 Å². The number of nitrogens with zero attached hydrogens (tertiary/aromatic N) is 4. The zero-order chi connectivity index (χ0) is 50.4. The van der Waals surface area contributed by atoms with E-state index in [1.807, 2.05) is 30.6 Å². The maximum absolute atomic E-state index is 12.8. The average molecular weight is 947 g/mol. The summed E-state index contributed by atoms with van der Waals surface area (Å²) in [6, 6.07) is 72.7. The lowest BCUT2D eigenvalue weighted by Gasteiger charge is -2.28. The van der Waals surface area contributed by atoms with Crippen LogP contribution < -0.4 is 0 Å². The van der Waals surface area contributed by atoms with Gasteiger partial charge in [0.05, 0.1) is 16.9 Å². The fourth-order valence-corrected chi connectivity index (χ4v) is 10.1. The van der Waals surface area contributed by atoms with Crippen LogP contribution in [0.2, 0.25) is 0 Å². The van der Waals surface area contributed by atoms with Gasteiger partial charge in [0.25, 0.3) is 0 Å². The van der Waals surface area contributed by atoms with Crippen molar-refractivity contribution < 1.29 is 5.11 Å². The second-order valence-electron chi connectivity index (χ2n) is 21.1. The van der Waals surface area contributed by atoms with E-state index in [0.717, 1.165) is 89.3 Å². The lowest BCUT2D eigenvalue weighted by Crippen LogP contribution is -2.17. The van der Waals surface area contributed by atoms with Crippen molar-refractivity contribution in [2.24, 2.45) is 0 Å². The number of para-hydroxylation sites is 1. The molecule has 1 N–H and O–H groups in total. The molecule has 0 atom stereocenters. The fraction of sp³-hybridized carbons (Fsp3) is 0.132.